The van der Waals surface area contributed by atoms with Gasteiger partial charge in [0.05, 0.1) is 6.07 Å². The van der Waals surface area contributed by atoms with E-state index in [1.807, 2.05) is 0 Å². The average molecular weight is 275 g/mol. The molecule has 6 nitrogen and oxygen atoms in total. The van der Waals surface area contributed by atoms with E-state index in [-0.39, 0.29) is 6.61 Å². The number of ether oxygens (including phenoxy) is 1. The highest BCUT2D eigenvalue weighted by atomic mass is 16.5. The quantitative estimate of drug-likeness (QED) is 0.814. The number of hydrogen-bond donors (Lipinski definition) is 2. The summed E-state index contributed by atoms with van der Waals surface area (Å²) in [5.74, 6) is -1.02. The molecule has 1 aromatic heterocycles. The number of H-pyrrole nitrogens is 1. The molecule has 1 fully saturated rings. The van der Waals surface area contributed by atoms with Gasteiger partial charge in [0.2, 0.25) is 0 Å². The molecule has 0 radical (unpaired) electrons. The number of carbonyl (C=O) groups is 2. The molecular formula is C14H17N3O3. The molecule has 0 atom stereocenters. The van der Waals surface area contributed by atoms with Crippen LogP contribution in [0.4, 0.5) is 0 Å². The van der Waals surface area contributed by atoms with E-state index in [0.29, 0.717) is 18.5 Å². The molecule has 0 unspecified atom stereocenters. The summed E-state index contributed by atoms with van der Waals surface area (Å²) in [6, 6.07) is 5.42. The van der Waals surface area contributed by atoms with Gasteiger partial charge in [-0.2, -0.15) is 5.26 Å². The summed E-state index contributed by atoms with van der Waals surface area (Å²) in [5.41, 5.74) is -0.501. The van der Waals surface area contributed by atoms with Crippen LogP contribution >= 0.6 is 0 Å². The maximum Gasteiger partial charge on any atom is 0.355 e. The van der Waals surface area contributed by atoms with Crippen molar-refractivity contribution in [3.8, 4) is 6.07 Å². The zero-order chi connectivity index (χ0) is 14.4. The highest BCUT2D eigenvalue weighted by molar-refractivity contribution is 5.89. The monoisotopic (exact) mass is 275 g/mol. The largest absolute Gasteiger partial charge is 0.451 e. The van der Waals surface area contributed by atoms with E-state index >= 15 is 0 Å². The van der Waals surface area contributed by atoms with Crippen LogP contribution in [0.25, 0.3) is 0 Å². The lowest BCUT2D eigenvalue weighted by Gasteiger charge is -2.31. The first-order valence-corrected chi connectivity index (χ1v) is 6.68. The minimum atomic E-state index is -0.797. The molecule has 0 aromatic carbocycles. The number of rotatable bonds is 4. The number of aromatic amines is 1. The fraction of sp³-hybridized carbons (Fsp3) is 0.500. The van der Waals surface area contributed by atoms with Crippen LogP contribution in [0.15, 0.2) is 18.3 Å². The highest BCUT2D eigenvalue weighted by Gasteiger charge is 2.33. The lowest BCUT2D eigenvalue weighted by Crippen LogP contribution is -2.50. The number of nitriles is 1. The standard InChI is InChI=1S/C14H17N3O3/c15-10-14(6-2-1-3-7-14)17-12(18)9-20-13(19)11-5-4-8-16-11/h4-5,8,16H,1-3,6-7,9H2,(H,17,18). The second-order valence-corrected chi connectivity index (χ2v) is 4.96. The smallest absolute Gasteiger partial charge is 0.355 e. The second kappa shape index (κ2) is 6.24. The maximum absolute atomic E-state index is 11.8. The molecule has 0 saturated heterocycles. The molecule has 1 aliphatic carbocycles. The number of esters is 1. The lowest BCUT2D eigenvalue weighted by atomic mass is 9.83. The Bertz CT molecular complexity index is 510. The molecule has 0 aliphatic heterocycles. The van der Waals surface area contributed by atoms with Gasteiger partial charge in [-0.25, -0.2) is 4.79 Å². The van der Waals surface area contributed by atoms with Gasteiger partial charge < -0.3 is 15.0 Å². The van der Waals surface area contributed by atoms with Crippen LogP contribution in [-0.4, -0.2) is 29.0 Å². The number of aromatic nitrogens is 1. The van der Waals surface area contributed by atoms with Crippen LogP contribution in [0.3, 0.4) is 0 Å². The predicted octanol–water partition coefficient (Wildman–Crippen LogP) is 1.51. The van der Waals surface area contributed by atoms with Crippen molar-refractivity contribution in [2.24, 2.45) is 0 Å². The maximum atomic E-state index is 11.8. The van der Waals surface area contributed by atoms with Crippen molar-refractivity contribution in [1.82, 2.24) is 10.3 Å². The second-order valence-electron chi connectivity index (χ2n) is 4.96. The van der Waals surface area contributed by atoms with Crippen molar-refractivity contribution >= 4 is 11.9 Å². The van der Waals surface area contributed by atoms with Crippen LogP contribution in [0, 0.1) is 11.3 Å². The van der Waals surface area contributed by atoms with Gasteiger partial charge in [0.1, 0.15) is 11.2 Å². The minimum Gasteiger partial charge on any atom is -0.451 e. The molecule has 0 spiro atoms. The molecule has 20 heavy (non-hydrogen) atoms. The molecule has 1 amide bonds. The Balaban J connectivity index is 1.83. The Morgan fingerprint density at radius 2 is 2.15 bits per heavy atom. The molecule has 1 aromatic rings. The van der Waals surface area contributed by atoms with Gasteiger partial charge in [-0.1, -0.05) is 19.3 Å². The Labute approximate surface area is 117 Å². The Morgan fingerprint density at radius 3 is 2.75 bits per heavy atom. The van der Waals surface area contributed by atoms with E-state index in [4.69, 9.17) is 4.74 Å². The molecule has 2 rings (SSSR count). The summed E-state index contributed by atoms with van der Waals surface area (Å²) >= 11 is 0. The molecule has 1 aliphatic rings. The third-order valence-electron chi connectivity index (χ3n) is 3.45. The fourth-order valence-electron chi connectivity index (χ4n) is 2.39. The van der Waals surface area contributed by atoms with E-state index in [1.54, 1.807) is 18.3 Å². The van der Waals surface area contributed by atoms with Gasteiger partial charge in [0.25, 0.3) is 5.91 Å². The van der Waals surface area contributed by atoms with Gasteiger partial charge in [-0.3, -0.25) is 4.79 Å². The lowest BCUT2D eigenvalue weighted by molar-refractivity contribution is -0.125. The summed E-state index contributed by atoms with van der Waals surface area (Å²) < 4.78 is 4.89. The van der Waals surface area contributed by atoms with Crippen molar-refractivity contribution in [1.29, 1.82) is 5.26 Å². The highest BCUT2D eigenvalue weighted by Crippen LogP contribution is 2.27. The Morgan fingerprint density at radius 1 is 1.40 bits per heavy atom. The van der Waals surface area contributed by atoms with E-state index in [9.17, 15) is 14.9 Å². The van der Waals surface area contributed by atoms with Crippen molar-refractivity contribution in [2.45, 2.75) is 37.6 Å². The predicted molar refractivity (Wildman–Crippen MR) is 70.6 cm³/mol. The summed E-state index contributed by atoms with van der Waals surface area (Å²) in [6.07, 6.45) is 5.84. The van der Waals surface area contributed by atoms with Crippen LogP contribution in [-0.2, 0) is 9.53 Å². The van der Waals surface area contributed by atoms with Gasteiger partial charge in [0.15, 0.2) is 6.61 Å². The van der Waals surface area contributed by atoms with Crippen molar-refractivity contribution in [3.63, 3.8) is 0 Å². The Kier molecular flexibility index (Phi) is 4.41. The zero-order valence-electron chi connectivity index (χ0n) is 11.1. The summed E-state index contributed by atoms with van der Waals surface area (Å²) in [6.45, 7) is -0.374. The van der Waals surface area contributed by atoms with Gasteiger partial charge in [-0.15, -0.1) is 0 Å². The number of carbonyl (C=O) groups excluding carboxylic acids is 2. The fourth-order valence-corrected chi connectivity index (χ4v) is 2.39. The van der Waals surface area contributed by atoms with Gasteiger partial charge in [-0.05, 0) is 25.0 Å². The normalized spacial score (nSPS) is 16.9. The first-order chi connectivity index (χ1) is 9.65. The van der Waals surface area contributed by atoms with Crippen molar-refractivity contribution < 1.29 is 14.3 Å². The third-order valence-corrected chi connectivity index (χ3v) is 3.45. The third kappa shape index (κ3) is 3.38. The van der Waals surface area contributed by atoms with E-state index in [1.165, 1.54) is 0 Å². The molecule has 106 valence electrons. The first-order valence-electron chi connectivity index (χ1n) is 6.68. The van der Waals surface area contributed by atoms with Gasteiger partial charge in [0, 0.05) is 6.20 Å². The van der Waals surface area contributed by atoms with Gasteiger partial charge >= 0.3 is 5.97 Å². The number of nitrogens with zero attached hydrogens (tertiary/aromatic N) is 1. The topological polar surface area (TPSA) is 95.0 Å². The van der Waals surface area contributed by atoms with Crippen LogP contribution in [0.2, 0.25) is 0 Å². The van der Waals surface area contributed by atoms with E-state index in [0.717, 1.165) is 19.3 Å². The zero-order valence-corrected chi connectivity index (χ0v) is 11.1. The van der Waals surface area contributed by atoms with E-state index in [2.05, 4.69) is 16.4 Å². The van der Waals surface area contributed by atoms with Crippen molar-refractivity contribution in [2.75, 3.05) is 6.61 Å². The summed E-state index contributed by atoms with van der Waals surface area (Å²) in [7, 11) is 0. The molecular weight excluding hydrogens is 258 g/mol. The Hall–Kier alpha value is -2.29. The number of hydrogen-bond acceptors (Lipinski definition) is 4. The average Bonchev–Trinajstić information content (AvgIpc) is 3.00. The molecule has 1 heterocycles. The molecule has 1 saturated carbocycles. The summed E-state index contributed by atoms with van der Waals surface area (Å²) in [4.78, 5) is 26.1. The van der Waals surface area contributed by atoms with Crippen LogP contribution < -0.4 is 5.32 Å². The molecule has 6 heteroatoms. The van der Waals surface area contributed by atoms with Crippen LogP contribution in [0.1, 0.15) is 42.6 Å². The number of nitrogens with one attached hydrogen (secondary N) is 2. The number of amides is 1. The molecule has 0 bridgehead atoms. The van der Waals surface area contributed by atoms with E-state index < -0.39 is 17.4 Å². The van der Waals surface area contributed by atoms with Crippen LogP contribution in [0.5, 0.6) is 0 Å². The van der Waals surface area contributed by atoms with Crippen molar-refractivity contribution in [3.05, 3.63) is 24.0 Å². The SMILES string of the molecule is N#CC1(NC(=O)COC(=O)c2ccc[nH]2)CCCCC1. The minimum absolute atomic E-state index is 0.297. The first kappa shape index (κ1) is 14.1. The molecule has 2 N–H and O–H groups in total. The summed E-state index contributed by atoms with van der Waals surface area (Å²) in [5, 5.41) is 11.9.